The molecule has 0 saturated carbocycles. The van der Waals surface area contributed by atoms with E-state index in [9.17, 15) is 5.11 Å². The number of furan rings is 1. The Bertz CT molecular complexity index is 598. The van der Waals surface area contributed by atoms with Crippen LogP contribution in [0.3, 0.4) is 0 Å². The molecule has 0 saturated heterocycles. The van der Waals surface area contributed by atoms with Crippen molar-refractivity contribution in [3.8, 4) is 0 Å². The van der Waals surface area contributed by atoms with E-state index < -0.39 is 5.60 Å². The number of hydrogen-bond donors (Lipinski definition) is 3. The summed E-state index contributed by atoms with van der Waals surface area (Å²) in [7, 11) is 0. The van der Waals surface area contributed by atoms with Crippen molar-refractivity contribution in [2.75, 3.05) is 19.6 Å². The van der Waals surface area contributed by atoms with Gasteiger partial charge in [-0.2, -0.15) is 0 Å². The molecule has 0 spiro atoms. The first-order valence-electron chi connectivity index (χ1n) is 7.94. The van der Waals surface area contributed by atoms with E-state index in [1.165, 1.54) is 0 Å². The highest BCUT2D eigenvalue weighted by Crippen LogP contribution is 2.20. The van der Waals surface area contributed by atoms with Gasteiger partial charge in [0, 0.05) is 19.5 Å². The molecular formula is C18H26IN3O2. The lowest BCUT2D eigenvalue weighted by Gasteiger charge is -2.22. The van der Waals surface area contributed by atoms with E-state index >= 15 is 0 Å². The van der Waals surface area contributed by atoms with Crippen LogP contribution in [-0.2, 0) is 12.0 Å². The molecule has 2 aromatic rings. The summed E-state index contributed by atoms with van der Waals surface area (Å²) in [5, 5.41) is 17.0. The average Bonchev–Trinajstić information content (AvgIpc) is 3.07. The minimum atomic E-state index is -0.995. The zero-order valence-electron chi connectivity index (χ0n) is 14.2. The summed E-state index contributed by atoms with van der Waals surface area (Å²) in [6, 6.07) is 13.4. The zero-order chi connectivity index (χ0) is 16.5. The van der Waals surface area contributed by atoms with Gasteiger partial charge in [-0.25, -0.2) is 4.99 Å². The van der Waals surface area contributed by atoms with Crippen molar-refractivity contribution in [3.63, 3.8) is 0 Å². The maximum Gasteiger partial charge on any atom is 0.191 e. The second-order valence-corrected chi connectivity index (χ2v) is 5.59. The number of benzene rings is 1. The number of halogens is 1. The van der Waals surface area contributed by atoms with Gasteiger partial charge in [0.25, 0.3) is 0 Å². The van der Waals surface area contributed by atoms with E-state index in [4.69, 9.17) is 4.42 Å². The summed E-state index contributed by atoms with van der Waals surface area (Å²) in [6.07, 6.45) is 2.46. The van der Waals surface area contributed by atoms with Gasteiger partial charge >= 0.3 is 0 Å². The standard InChI is InChI=1S/C18H25N3O2.HI/c1-3-19-17(20-12-11-16-10-7-13-23-16)21-14-18(2,22)15-8-5-4-6-9-15;/h4-10,13,22H,3,11-12,14H2,1-2H3,(H2,19,20,21);1H. The van der Waals surface area contributed by atoms with Gasteiger partial charge in [-0.05, 0) is 31.5 Å². The van der Waals surface area contributed by atoms with Crippen LogP contribution >= 0.6 is 24.0 Å². The normalized spacial score (nSPS) is 13.7. The third-order valence-electron chi connectivity index (χ3n) is 3.53. The fourth-order valence-electron chi connectivity index (χ4n) is 2.22. The van der Waals surface area contributed by atoms with Crippen molar-refractivity contribution in [3.05, 3.63) is 60.1 Å². The molecule has 1 aromatic heterocycles. The number of aliphatic imine (C=N–C) groups is 1. The SMILES string of the molecule is CCNC(=NCC(C)(O)c1ccccc1)NCCc1ccco1.I. The molecule has 0 aliphatic heterocycles. The Morgan fingerprint density at radius 2 is 1.92 bits per heavy atom. The van der Waals surface area contributed by atoms with E-state index in [2.05, 4.69) is 15.6 Å². The van der Waals surface area contributed by atoms with Crippen LogP contribution in [-0.4, -0.2) is 30.7 Å². The molecule has 0 amide bonds. The van der Waals surface area contributed by atoms with Crippen LogP contribution < -0.4 is 10.6 Å². The van der Waals surface area contributed by atoms with Crippen LogP contribution in [0.25, 0.3) is 0 Å². The molecule has 0 fully saturated rings. The lowest BCUT2D eigenvalue weighted by molar-refractivity contribution is 0.0672. The smallest absolute Gasteiger partial charge is 0.191 e. The number of nitrogens with one attached hydrogen (secondary N) is 2. The Hall–Kier alpha value is -1.54. The summed E-state index contributed by atoms with van der Waals surface area (Å²) in [5.41, 5.74) is -0.139. The Morgan fingerprint density at radius 3 is 2.54 bits per heavy atom. The quantitative estimate of drug-likeness (QED) is 0.350. The van der Waals surface area contributed by atoms with Gasteiger partial charge in [-0.1, -0.05) is 30.3 Å². The Balaban J connectivity index is 0.00000288. The van der Waals surface area contributed by atoms with Crippen molar-refractivity contribution in [1.29, 1.82) is 0 Å². The predicted octanol–water partition coefficient (Wildman–Crippen LogP) is 2.90. The average molecular weight is 443 g/mol. The molecule has 1 atom stereocenters. The molecule has 6 heteroatoms. The van der Waals surface area contributed by atoms with Crippen molar-refractivity contribution >= 4 is 29.9 Å². The molecule has 0 aliphatic rings. The second-order valence-electron chi connectivity index (χ2n) is 5.59. The molecule has 1 unspecified atom stereocenters. The number of rotatable bonds is 7. The molecule has 132 valence electrons. The van der Waals surface area contributed by atoms with Crippen LogP contribution in [0.2, 0.25) is 0 Å². The topological polar surface area (TPSA) is 69.8 Å². The monoisotopic (exact) mass is 443 g/mol. The lowest BCUT2D eigenvalue weighted by atomic mass is 9.96. The zero-order valence-corrected chi connectivity index (χ0v) is 16.5. The highest BCUT2D eigenvalue weighted by molar-refractivity contribution is 14.0. The van der Waals surface area contributed by atoms with Crippen LogP contribution in [0.1, 0.15) is 25.2 Å². The molecule has 1 heterocycles. The molecule has 5 nitrogen and oxygen atoms in total. The van der Waals surface area contributed by atoms with E-state index in [-0.39, 0.29) is 30.5 Å². The van der Waals surface area contributed by atoms with E-state index in [1.54, 1.807) is 13.2 Å². The fraction of sp³-hybridized carbons (Fsp3) is 0.389. The summed E-state index contributed by atoms with van der Waals surface area (Å²) in [6.45, 7) is 5.55. The van der Waals surface area contributed by atoms with Gasteiger partial charge in [0.1, 0.15) is 11.4 Å². The summed E-state index contributed by atoms with van der Waals surface area (Å²) in [5.74, 6) is 1.62. The molecule has 0 aliphatic carbocycles. The Labute approximate surface area is 160 Å². The molecule has 0 bridgehead atoms. The number of guanidine groups is 1. The summed E-state index contributed by atoms with van der Waals surface area (Å²) < 4.78 is 5.31. The minimum Gasteiger partial charge on any atom is -0.469 e. The first kappa shape index (κ1) is 20.5. The second kappa shape index (κ2) is 10.4. The van der Waals surface area contributed by atoms with Crippen molar-refractivity contribution in [2.45, 2.75) is 25.9 Å². The van der Waals surface area contributed by atoms with Crippen molar-refractivity contribution in [2.24, 2.45) is 4.99 Å². The molecular weight excluding hydrogens is 417 g/mol. The van der Waals surface area contributed by atoms with Gasteiger partial charge in [0.05, 0.1) is 12.8 Å². The lowest BCUT2D eigenvalue weighted by Crippen LogP contribution is -2.39. The van der Waals surface area contributed by atoms with Gasteiger partial charge < -0.3 is 20.2 Å². The van der Waals surface area contributed by atoms with E-state index in [1.807, 2.05) is 49.4 Å². The largest absolute Gasteiger partial charge is 0.469 e. The maximum atomic E-state index is 10.6. The third-order valence-corrected chi connectivity index (χ3v) is 3.53. The summed E-state index contributed by atoms with van der Waals surface area (Å²) in [4.78, 5) is 4.49. The molecule has 1 aromatic carbocycles. The molecule has 24 heavy (non-hydrogen) atoms. The summed E-state index contributed by atoms with van der Waals surface area (Å²) >= 11 is 0. The van der Waals surface area contributed by atoms with Gasteiger partial charge in [0.15, 0.2) is 5.96 Å². The third kappa shape index (κ3) is 6.52. The van der Waals surface area contributed by atoms with Crippen LogP contribution in [0, 0.1) is 0 Å². The van der Waals surface area contributed by atoms with Crippen LogP contribution in [0.5, 0.6) is 0 Å². The van der Waals surface area contributed by atoms with Crippen molar-refractivity contribution in [1.82, 2.24) is 10.6 Å². The highest BCUT2D eigenvalue weighted by atomic mass is 127. The predicted molar refractivity (Wildman–Crippen MR) is 108 cm³/mol. The minimum absolute atomic E-state index is 0. The van der Waals surface area contributed by atoms with E-state index in [0.717, 1.165) is 24.3 Å². The first-order chi connectivity index (χ1) is 11.1. The highest BCUT2D eigenvalue weighted by Gasteiger charge is 2.22. The van der Waals surface area contributed by atoms with Gasteiger partial charge in [-0.3, -0.25) is 0 Å². The Kier molecular flexibility index (Phi) is 8.84. The van der Waals surface area contributed by atoms with Crippen LogP contribution in [0.4, 0.5) is 0 Å². The first-order valence-corrected chi connectivity index (χ1v) is 7.94. The number of nitrogens with zero attached hydrogens (tertiary/aromatic N) is 1. The molecule has 3 N–H and O–H groups in total. The van der Waals surface area contributed by atoms with E-state index in [0.29, 0.717) is 12.5 Å². The number of aliphatic hydroxyl groups is 1. The van der Waals surface area contributed by atoms with Crippen LogP contribution in [0.15, 0.2) is 58.1 Å². The Morgan fingerprint density at radius 1 is 1.17 bits per heavy atom. The van der Waals surface area contributed by atoms with Gasteiger partial charge in [0.2, 0.25) is 0 Å². The van der Waals surface area contributed by atoms with Gasteiger partial charge in [-0.15, -0.1) is 24.0 Å². The maximum absolute atomic E-state index is 10.6. The molecule has 2 rings (SSSR count). The van der Waals surface area contributed by atoms with Crippen molar-refractivity contribution < 1.29 is 9.52 Å². The molecule has 0 radical (unpaired) electrons. The number of hydrogen-bond acceptors (Lipinski definition) is 3. The fourth-order valence-corrected chi connectivity index (χ4v) is 2.22.